The SMILES string of the molecule is CCNC(=NCc1ccc(CN2CCN(C)CC2)cc1)NCC1CC1. The molecule has 138 valence electrons. The number of rotatable bonds is 7. The van der Waals surface area contributed by atoms with Gasteiger partial charge in [-0.25, -0.2) is 4.99 Å². The third kappa shape index (κ3) is 6.33. The number of guanidine groups is 1. The summed E-state index contributed by atoms with van der Waals surface area (Å²) in [5, 5.41) is 6.78. The van der Waals surface area contributed by atoms with Crippen LogP contribution in [-0.2, 0) is 13.1 Å². The van der Waals surface area contributed by atoms with Gasteiger partial charge in [0, 0.05) is 45.8 Å². The van der Waals surface area contributed by atoms with Crippen molar-refractivity contribution in [2.45, 2.75) is 32.9 Å². The van der Waals surface area contributed by atoms with Gasteiger partial charge < -0.3 is 15.5 Å². The highest BCUT2D eigenvalue weighted by molar-refractivity contribution is 5.79. The van der Waals surface area contributed by atoms with Crippen LogP contribution in [0.4, 0.5) is 0 Å². The normalized spacial score (nSPS) is 19.8. The molecule has 25 heavy (non-hydrogen) atoms. The number of aliphatic imine (C=N–C) groups is 1. The van der Waals surface area contributed by atoms with Crippen LogP contribution in [0.3, 0.4) is 0 Å². The van der Waals surface area contributed by atoms with E-state index in [9.17, 15) is 0 Å². The molecule has 1 aromatic rings. The molecule has 0 spiro atoms. The van der Waals surface area contributed by atoms with Gasteiger partial charge in [0.05, 0.1) is 6.54 Å². The van der Waals surface area contributed by atoms with Crippen molar-refractivity contribution in [2.24, 2.45) is 10.9 Å². The van der Waals surface area contributed by atoms with Crippen molar-refractivity contribution in [1.82, 2.24) is 20.4 Å². The molecule has 5 nitrogen and oxygen atoms in total. The van der Waals surface area contributed by atoms with E-state index in [0.717, 1.165) is 38.1 Å². The number of nitrogens with one attached hydrogen (secondary N) is 2. The Morgan fingerprint density at radius 2 is 1.72 bits per heavy atom. The van der Waals surface area contributed by atoms with Gasteiger partial charge in [-0.15, -0.1) is 0 Å². The highest BCUT2D eigenvalue weighted by Crippen LogP contribution is 2.27. The number of hydrogen-bond acceptors (Lipinski definition) is 3. The fraction of sp³-hybridized carbons (Fsp3) is 0.650. The summed E-state index contributed by atoms with van der Waals surface area (Å²) in [6, 6.07) is 8.96. The average molecular weight is 344 g/mol. The maximum absolute atomic E-state index is 4.72. The van der Waals surface area contributed by atoms with Gasteiger partial charge in [-0.3, -0.25) is 4.90 Å². The maximum atomic E-state index is 4.72. The standard InChI is InChI=1S/C20H33N5/c1-3-21-20(22-14-17-4-5-17)23-15-18-6-8-19(9-7-18)16-25-12-10-24(2)11-13-25/h6-9,17H,3-5,10-16H2,1-2H3,(H2,21,22,23). The molecule has 1 saturated carbocycles. The molecule has 1 aliphatic heterocycles. The zero-order valence-corrected chi connectivity index (χ0v) is 15.8. The summed E-state index contributed by atoms with van der Waals surface area (Å²) in [6.45, 7) is 10.5. The second-order valence-corrected chi connectivity index (χ2v) is 7.42. The molecule has 0 radical (unpaired) electrons. The van der Waals surface area contributed by atoms with Gasteiger partial charge in [-0.2, -0.15) is 0 Å². The lowest BCUT2D eigenvalue weighted by Crippen LogP contribution is -2.43. The predicted octanol–water partition coefficient (Wildman–Crippen LogP) is 1.90. The molecule has 0 aromatic heterocycles. The van der Waals surface area contributed by atoms with E-state index in [1.807, 2.05) is 0 Å². The maximum Gasteiger partial charge on any atom is 0.191 e. The van der Waals surface area contributed by atoms with E-state index >= 15 is 0 Å². The Morgan fingerprint density at radius 1 is 1.04 bits per heavy atom. The van der Waals surface area contributed by atoms with Gasteiger partial charge in [-0.05, 0) is 43.9 Å². The van der Waals surface area contributed by atoms with Crippen molar-refractivity contribution in [3.05, 3.63) is 35.4 Å². The van der Waals surface area contributed by atoms with E-state index in [1.165, 1.54) is 50.1 Å². The zero-order valence-electron chi connectivity index (χ0n) is 15.8. The molecule has 2 aliphatic rings. The van der Waals surface area contributed by atoms with E-state index in [0.29, 0.717) is 0 Å². The number of hydrogen-bond donors (Lipinski definition) is 2. The molecule has 2 N–H and O–H groups in total. The molecular weight excluding hydrogens is 310 g/mol. The van der Waals surface area contributed by atoms with E-state index in [-0.39, 0.29) is 0 Å². The van der Waals surface area contributed by atoms with Crippen molar-refractivity contribution >= 4 is 5.96 Å². The van der Waals surface area contributed by atoms with Crippen LogP contribution in [0.25, 0.3) is 0 Å². The van der Waals surface area contributed by atoms with Gasteiger partial charge in [0.1, 0.15) is 0 Å². The second kappa shape index (κ2) is 9.20. The Balaban J connectivity index is 1.47. The van der Waals surface area contributed by atoms with Crippen molar-refractivity contribution in [3.8, 4) is 0 Å². The van der Waals surface area contributed by atoms with Crippen molar-refractivity contribution in [1.29, 1.82) is 0 Å². The van der Waals surface area contributed by atoms with Gasteiger partial charge in [0.2, 0.25) is 0 Å². The van der Waals surface area contributed by atoms with Crippen LogP contribution in [0.1, 0.15) is 30.9 Å². The summed E-state index contributed by atoms with van der Waals surface area (Å²) in [5.41, 5.74) is 2.67. The smallest absolute Gasteiger partial charge is 0.191 e. The third-order valence-corrected chi connectivity index (χ3v) is 5.04. The molecule has 1 aromatic carbocycles. The fourth-order valence-corrected chi connectivity index (χ4v) is 3.09. The minimum Gasteiger partial charge on any atom is -0.357 e. The van der Waals surface area contributed by atoms with Gasteiger partial charge in [0.25, 0.3) is 0 Å². The summed E-state index contributed by atoms with van der Waals surface area (Å²) < 4.78 is 0. The van der Waals surface area contributed by atoms with Crippen LogP contribution in [0.2, 0.25) is 0 Å². The van der Waals surface area contributed by atoms with Crippen LogP contribution in [0.15, 0.2) is 29.3 Å². The molecule has 1 aliphatic carbocycles. The minimum absolute atomic E-state index is 0.731. The molecule has 0 bridgehead atoms. The first kappa shape index (κ1) is 18.2. The van der Waals surface area contributed by atoms with Crippen LogP contribution >= 0.6 is 0 Å². The van der Waals surface area contributed by atoms with E-state index in [1.54, 1.807) is 0 Å². The molecule has 0 amide bonds. The molecule has 0 unspecified atom stereocenters. The van der Waals surface area contributed by atoms with Gasteiger partial charge in [0.15, 0.2) is 5.96 Å². The monoisotopic (exact) mass is 343 g/mol. The Morgan fingerprint density at radius 3 is 2.36 bits per heavy atom. The summed E-state index contributed by atoms with van der Waals surface area (Å²) in [5.74, 6) is 1.80. The lowest BCUT2D eigenvalue weighted by Gasteiger charge is -2.32. The summed E-state index contributed by atoms with van der Waals surface area (Å²) >= 11 is 0. The zero-order chi connectivity index (χ0) is 17.5. The molecule has 2 fully saturated rings. The fourth-order valence-electron chi connectivity index (χ4n) is 3.09. The van der Waals surface area contributed by atoms with Crippen LogP contribution in [0.5, 0.6) is 0 Å². The Bertz CT molecular complexity index is 542. The molecule has 0 atom stereocenters. The number of nitrogens with zero attached hydrogens (tertiary/aromatic N) is 3. The minimum atomic E-state index is 0.731. The predicted molar refractivity (Wildman–Crippen MR) is 105 cm³/mol. The highest BCUT2D eigenvalue weighted by atomic mass is 15.2. The van der Waals surface area contributed by atoms with E-state index in [2.05, 4.69) is 58.7 Å². The van der Waals surface area contributed by atoms with E-state index in [4.69, 9.17) is 4.99 Å². The quantitative estimate of drug-likeness (QED) is 0.586. The average Bonchev–Trinajstić information content (AvgIpc) is 3.45. The first-order chi connectivity index (χ1) is 12.2. The molecule has 1 saturated heterocycles. The topological polar surface area (TPSA) is 42.9 Å². The van der Waals surface area contributed by atoms with Crippen molar-refractivity contribution in [2.75, 3.05) is 46.3 Å². The Labute approximate surface area is 152 Å². The largest absolute Gasteiger partial charge is 0.357 e. The van der Waals surface area contributed by atoms with Gasteiger partial charge >= 0.3 is 0 Å². The molecule has 3 rings (SSSR count). The van der Waals surface area contributed by atoms with Crippen molar-refractivity contribution < 1.29 is 0 Å². The number of piperazine rings is 1. The van der Waals surface area contributed by atoms with Crippen LogP contribution in [-0.4, -0.2) is 62.1 Å². The van der Waals surface area contributed by atoms with Crippen molar-refractivity contribution in [3.63, 3.8) is 0 Å². The first-order valence-corrected chi connectivity index (χ1v) is 9.74. The summed E-state index contributed by atoms with van der Waals surface area (Å²) in [6.07, 6.45) is 2.72. The van der Waals surface area contributed by atoms with Gasteiger partial charge in [-0.1, -0.05) is 24.3 Å². The van der Waals surface area contributed by atoms with Crippen LogP contribution < -0.4 is 10.6 Å². The Kier molecular flexibility index (Phi) is 6.70. The molecular formula is C20H33N5. The van der Waals surface area contributed by atoms with E-state index < -0.39 is 0 Å². The number of benzene rings is 1. The lowest BCUT2D eigenvalue weighted by molar-refractivity contribution is 0.148. The second-order valence-electron chi connectivity index (χ2n) is 7.42. The third-order valence-electron chi connectivity index (χ3n) is 5.04. The highest BCUT2D eigenvalue weighted by Gasteiger charge is 2.21. The van der Waals surface area contributed by atoms with Crippen LogP contribution in [0, 0.1) is 5.92 Å². The molecule has 5 heteroatoms. The molecule has 1 heterocycles. The summed E-state index contributed by atoms with van der Waals surface area (Å²) in [4.78, 5) is 9.66. The Hall–Kier alpha value is -1.59. The number of likely N-dealkylation sites (N-methyl/N-ethyl adjacent to an activating group) is 1. The first-order valence-electron chi connectivity index (χ1n) is 9.74. The summed E-state index contributed by atoms with van der Waals surface area (Å²) in [7, 11) is 2.20. The lowest BCUT2D eigenvalue weighted by atomic mass is 10.1.